The molecule has 0 aliphatic carbocycles. The Morgan fingerprint density at radius 2 is 2.10 bits per heavy atom. The van der Waals surface area contributed by atoms with Crippen molar-refractivity contribution in [2.24, 2.45) is 5.10 Å². The van der Waals surface area contributed by atoms with Crippen molar-refractivity contribution in [3.05, 3.63) is 23.8 Å². The monoisotopic (exact) mass is 312 g/mol. The molecule has 5 nitrogen and oxygen atoms in total. The first kappa shape index (κ1) is 15.1. The molecule has 108 valence electrons. The molecule has 1 amide bonds. The third-order valence-corrected chi connectivity index (χ3v) is 6.07. The van der Waals surface area contributed by atoms with E-state index in [-0.39, 0.29) is 21.5 Å². The Kier molecular flexibility index (Phi) is 4.82. The van der Waals surface area contributed by atoms with E-state index in [2.05, 4.69) is 17.5 Å². The summed E-state index contributed by atoms with van der Waals surface area (Å²) in [6, 6.07) is 4.33. The third-order valence-electron chi connectivity index (χ3n) is 2.78. The van der Waals surface area contributed by atoms with Crippen LogP contribution in [0.3, 0.4) is 0 Å². The zero-order chi connectivity index (χ0) is 14.6. The van der Waals surface area contributed by atoms with E-state index in [9.17, 15) is 15.0 Å². The molecular weight excluding hydrogens is 296 g/mol. The number of benzene rings is 1. The van der Waals surface area contributed by atoms with E-state index >= 15 is 0 Å². The number of carbonyl (C=O) groups is 1. The Morgan fingerprint density at radius 3 is 2.75 bits per heavy atom. The molecule has 0 aromatic heterocycles. The second-order valence-corrected chi connectivity index (χ2v) is 8.00. The summed E-state index contributed by atoms with van der Waals surface area (Å²) in [7, 11) is 0. The second-order valence-electron chi connectivity index (χ2n) is 4.55. The van der Waals surface area contributed by atoms with Crippen LogP contribution in [0.25, 0.3) is 0 Å². The van der Waals surface area contributed by atoms with Crippen molar-refractivity contribution in [3.8, 4) is 11.5 Å². The molecule has 1 heterocycles. The Hall–Kier alpha value is -1.34. The van der Waals surface area contributed by atoms with Crippen LogP contribution in [0.4, 0.5) is 0 Å². The van der Waals surface area contributed by atoms with E-state index in [4.69, 9.17) is 0 Å². The predicted octanol–water partition coefficient (Wildman–Crippen LogP) is 2.13. The van der Waals surface area contributed by atoms with Crippen molar-refractivity contribution in [1.29, 1.82) is 0 Å². The lowest BCUT2D eigenvalue weighted by Crippen LogP contribution is -2.26. The zero-order valence-electron chi connectivity index (χ0n) is 11.0. The summed E-state index contributed by atoms with van der Waals surface area (Å²) < 4.78 is -0.0591. The molecule has 1 aliphatic rings. The minimum absolute atomic E-state index is 0.0591. The molecule has 1 aromatic carbocycles. The zero-order valence-corrected chi connectivity index (χ0v) is 12.6. The van der Waals surface area contributed by atoms with Crippen molar-refractivity contribution in [1.82, 2.24) is 5.43 Å². The Morgan fingerprint density at radius 1 is 1.40 bits per heavy atom. The first-order chi connectivity index (χ1) is 9.48. The molecule has 0 saturated carbocycles. The number of hydrazone groups is 1. The van der Waals surface area contributed by atoms with Gasteiger partial charge >= 0.3 is 0 Å². The van der Waals surface area contributed by atoms with Crippen LogP contribution in [0.15, 0.2) is 23.3 Å². The Labute approximate surface area is 125 Å². The molecule has 0 bridgehead atoms. The summed E-state index contributed by atoms with van der Waals surface area (Å²) in [5.41, 5.74) is 3.07. The van der Waals surface area contributed by atoms with Crippen molar-refractivity contribution in [2.75, 3.05) is 11.5 Å². The van der Waals surface area contributed by atoms with Gasteiger partial charge in [-0.05, 0) is 30.7 Å². The first-order valence-corrected chi connectivity index (χ1v) is 8.07. The highest BCUT2D eigenvalue weighted by atomic mass is 32.2. The van der Waals surface area contributed by atoms with E-state index < -0.39 is 0 Å². The molecule has 20 heavy (non-hydrogen) atoms. The van der Waals surface area contributed by atoms with Gasteiger partial charge in [-0.3, -0.25) is 4.79 Å². The molecule has 0 radical (unpaired) electrons. The minimum atomic E-state index is -0.216. The largest absolute Gasteiger partial charge is 0.504 e. The molecule has 0 atom stereocenters. The van der Waals surface area contributed by atoms with Gasteiger partial charge in [0, 0.05) is 11.5 Å². The number of thioether (sulfide) groups is 2. The first-order valence-electron chi connectivity index (χ1n) is 6.10. The fourth-order valence-electron chi connectivity index (χ4n) is 1.79. The number of aromatic hydroxyl groups is 2. The van der Waals surface area contributed by atoms with Crippen LogP contribution < -0.4 is 5.43 Å². The van der Waals surface area contributed by atoms with E-state index in [1.165, 1.54) is 18.3 Å². The number of phenolic OH excluding ortho intramolecular Hbond substituents is 2. The van der Waals surface area contributed by atoms with Crippen molar-refractivity contribution in [2.45, 2.75) is 17.4 Å². The van der Waals surface area contributed by atoms with E-state index in [1.807, 2.05) is 0 Å². The van der Waals surface area contributed by atoms with Gasteiger partial charge in [-0.15, -0.1) is 23.5 Å². The SMILES string of the molecule is CC1(CC(=O)N/N=C\c2ccc(O)c(O)c2)SCCS1. The van der Waals surface area contributed by atoms with Gasteiger partial charge in [-0.2, -0.15) is 5.10 Å². The number of amides is 1. The molecule has 1 saturated heterocycles. The lowest BCUT2D eigenvalue weighted by atomic mass is 10.2. The van der Waals surface area contributed by atoms with Gasteiger partial charge in [0.15, 0.2) is 11.5 Å². The number of hydrogen-bond donors (Lipinski definition) is 3. The van der Waals surface area contributed by atoms with Gasteiger partial charge < -0.3 is 10.2 Å². The highest BCUT2D eigenvalue weighted by molar-refractivity contribution is 8.21. The molecular formula is C13H16N2O3S2. The predicted molar refractivity (Wildman–Crippen MR) is 83.4 cm³/mol. The maximum absolute atomic E-state index is 11.8. The van der Waals surface area contributed by atoms with E-state index in [0.29, 0.717) is 12.0 Å². The van der Waals surface area contributed by atoms with Crippen LogP contribution in [0.1, 0.15) is 18.9 Å². The minimum Gasteiger partial charge on any atom is -0.504 e. The summed E-state index contributed by atoms with van der Waals surface area (Å²) in [5.74, 6) is 1.62. The highest BCUT2D eigenvalue weighted by Crippen LogP contribution is 2.45. The fourth-order valence-corrected chi connectivity index (χ4v) is 4.62. The number of phenols is 2. The molecule has 1 aromatic rings. The summed E-state index contributed by atoms with van der Waals surface area (Å²) >= 11 is 3.59. The average Bonchev–Trinajstić information content (AvgIpc) is 2.80. The number of rotatable bonds is 4. The molecule has 2 rings (SSSR count). The van der Waals surface area contributed by atoms with Crippen molar-refractivity contribution < 1.29 is 15.0 Å². The van der Waals surface area contributed by atoms with Gasteiger partial charge in [-0.1, -0.05) is 0 Å². The van der Waals surface area contributed by atoms with E-state index in [0.717, 1.165) is 11.5 Å². The number of nitrogens with zero attached hydrogens (tertiary/aromatic N) is 1. The van der Waals surface area contributed by atoms with Crippen LogP contribution in [0.5, 0.6) is 11.5 Å². The Bertz CT molecular complexity index is 528. The number of nitrogens with one attached hydrogen (secondary N) is 1. The topological polar surface area (TPSA) is 81.9 Å². The second kappa shape index (κ2) is 6.41. The van der Waals surface area contributed by atoms with Crippen LogP contribution in [0, 0.1) is 0 Å². The summed E-state index contributed by atoms with van der Waals surface area (Å²) in [5, 5.41) is 22.4. The lowest BCUT2D eigenvalue weighted by Gasteiger charge is -2.19. The summed E-state index contributed by atoms with van der Waals surface area (Å²) in [6.45, 7) is 2.07. The quantitative estimate of drug-likeness (QED) is 0.451. The molecule has 0 unspecified atom stereocenters. The van der Waals surface area contributed by atoms with Crippen LogP contribution in [-0.4, -0.2) is 37.9 Å². The summed E-state index contributed by atoms with van der Waals surface area (Å²) in [4.78, 5) is 11.8. The Balaban J connectivity index is 1.86. The fraction of sp³-hybridized carbons (Fsp3) is 0.385. The van der Waals surface area contributed by atoms with Gasteiger partial charge in [0.25, 0.3) is 0 Å². The lowest BCUT2D eigenvalue weighted by molar-refractivity contribution is -0.121. The standard InChI is InChI=1S/C13H16N2O3S2/c1-13(19-4-5-20-13)7-12(18)15-14-8-9-2-3-10(16)11(17)6-9/h2-3,6,8,16-17H,4-5,7H2,1H3,(H,15,18)/b14-8-. The van der Waals surface area contributed by atoms with Gasteiger partial charge in [0.05, 0.1) is 16.7 Å². The molecule has 1 aliphatic heterocycles. The average molecular weight is 312 g/mol. The number of carbonyl (C=O) groups excluding carboxylic acids is 1. The maximum atomic E-state index is 11.8. The molecule has 1 fully saturated rings. The van der Waals surface area contributed by atoms with Crippen LogP contribution in [-0.2, 0) is 4.79 Å². The maximum Gasteiger partial charge on any atom is 0.242 e. The highest BCUT2D eigenvalue weighted by Gasteiger charge is 2.32. The molecule has 3 N–H and O–H groups in total. The van der Waals surface area contributed by atoms with Crippen LogP contribution in [0.2, 0.25) is 0 Å². The van der Waals surface area contributed by atoms with Crippen molar-refractivity contribution >= 4 is 35.6 Å². The third kappa shape index (κ3) is 4.08. The van der Waals surface area contributed by atoms with Gasteiger partial charge in [-0.25, -0.2) is 5.43 Å². The van der Waals surface area contributed by atoms with Crippen molar-refractivity contribution in [3.63, 3.8) is 0 Å². The van der Waals surface area contributed by atoms with Gasteiger partial charge in [0.1, 0.15) is 0 Å². The van der Waals surface area contributed by atoms with Crippen LogP contribution >= 0.6 is 23.5 Å². The smallest absolute Gasteiger partial charge is 0.242 e. The molecule has 0 spiro atoms. The normalized spacial score (nSPS) is 17.4. The summed E-state index contributed by atoms with van der Waals surface area (Å²) in [6.07, 6.45) is 1.84. The molecule has 7 heteroatoms. The number of hydrogen-bond acceptors (Lipinski definition) is 6. The van der Waals surface area contributed by atoms with Gasteiger partial charge in [0.2, 0.25) is 5.91 Å². The van der Waals surface area contributed by atoms with E-state index in [1.54, 1.807) is 29.6 Å².